The Kier molecular flexibility index (Phi) is 6.31. The molecule has 2 aromatic carbocycles. The van der Waals surface area contributed by atoms with Crippen molar-refractivity contribution in [3.8, 4) is 5.75 Å². The molecule has 126 valence electrons. The van der Waals surface area contributed by atoms with Crippen LogP contribution in [-0.4, -0.2) is 25.8 Å². The number of ether oxygens (including phenoxy) is 1. The molecule has 0 aliphatic carbocycles. The van der Waals surface area contributed by atoms with Crippen LogP contribution in [0.4, 0.5) is 10.1 Å². The molecule has 0 N–H and O–H groups in total. The van der Waals surface area contributed by atoms with Gasteiger partial charge in [-0.3, -0.25) is 4.79 Å². The van der Waals surface area contributed by atoms with Gasteiger partial charge in [0, 0.05) is 12.1 Å². The van der Waals surface area contributed by atoms with Gasteiger partial charge in [-0.1, -0.05) is 35.5 Å². The Morgan fingerprint density at radius 3 is 2.62 bits per heavy atom. The zero-order valence-electron chi connectivity index (χ0n) is 13.6. The molecule has 0 bridgehead atoms. The molecule has 0 aliphatic heterocycles. The zero-order valence-corrected chi connectivity index (χ0v) is 13.6. The lowest BCUT2D eigenvalue weighted by atomic mass is 10.1. The largest absolute Gasteiger partial charge is 0.486 e. The first kappa shape index (κ1) is 17.5. The molecular formula is C18H19FN2O3. The summed E-state index contributed by atoms with van der Waals surface area (Å²) < 4.78 is 19.2. The Hall–Kier alpha value is -2.89. The molecule has 0 saturated carbocycles. The van der Waals surface area contributed by atoms with Gasteiger partial charge in [0.05, 0.1) is 5.69 Å². The average molecular weight is 330 g/mol. The highest BCUT2D eigenvalue weighted by molar-refractivity contribution is 6.32. The van der Waals surface area contributed by atoms with Crippen molar-refractivity contribution in [3.05, 3.63) is 59.9 Å². The summed E-state index contributed by atoms with van der Waals surface area (Å²) in [7, 11) is 1.37. The van der Waals surface area contributed by atoms with Gasteiger partial charge in [0.15, 0.2) is 11.6 Å². The fourth-order valence-corrected chi connectivity index (χ4v) is 2.23. The van der Waals surface area contributed by atoms with E-state index in [2.05, 4.69) is 9.99 Å². The third-order valence-electron chi connectivity index (χ3n) is 3.35. The summed E-state index contributed by atoms with van der Waals surface area (Å²) in [6.45, 7) is 2.45. The smallest absolute Gasteiger partial charge is 0.272 e. The van der Waals surface area contributed by atoms with Crippen LogP contribution < -0.4 is 9.64 Å². The van der Waals surface area contributed by atoms with E-state index in [-0.39, 0.29) is 18.3 Å². The van der Waals surface area contributed by atoms with Crippen molar-refractivity contribution in [2.75, 3.05) is 18.6 Å². The van der Waals surface area contributed by atoms with Crippen molar-refractivity contribution in [2.45, 2.75) is 13.5 Å². The number of nitrogens with zero attached hydrogens (tertiary/aromatic N) is 2. The highest BCUT2D eigenvalue weighted by Gasteiger charge is 2.16. The normalized spacial score (nSPS) is 10.6. The fraction of sp³-hybridized carbons (Fsp3) is 0.222. The molecular weight excluding hydrogens is 311 g/mol. The lowest BCUT2D eigenvalue weighted by Crippen LogP contribution is -2.32. The summed E-state index contributed by atoms with van der Waals surface area (Å²) in [6, 6.07) is 13.5. The first-order valence-corrected chi connectivity index (χ1v) is 7.50. The number of oxime groups is 1. The van der Waals surface area contributed by atoms with E-state index in [1.165, 1.54) is 13.2 Å². The monoisotopic (exact) mass is 330 g/mol. The van der Waals surface area contributed by atoms with Gasteiger partial charge in [-0.2, -0.15) is 0 Å². The van der Waals surface area contributed by atoms with E-state index in [0.29, 0.717) is 12.2 Å². The Bertz CT molecular complexity index is 719. The minimum Gasteiger partial charge on any atom is -0.486 e. The van der Waals surface area contributed by atoms with Gasteiger partial charge in [-0.15, -0.1) is 0 Å². The molecule has 0 spiro atoms. The summed E-state index contributed by atoms with van der Waals surface area (Å²) in [4.78, 5) is 18.3. The first-order chi connectivity index (χ1) is 11.7. The van der Waals surface area contributed by atoms with Crippen molar-refractivity contribution in [2.24, 2.45) is 5.16 Å². The van der Waals surface area contributed by atoms with Gasteiger partial charge in [0.25, 0.3) is 5.91 Å². The molecule has 2 aromatic rings. The minimum atomic E-state index is -0.425. The number of benzene rings is 2. The third-order valence-corrected chi connectivity index (χ3v) is 3.35. The Balaban J connectivity index is 2.21. The van der Waals surface area contributed by atoms with Crippen molar-refractivity contribution in [3.63, 3.8) is 0 Å². The molecule has 0 aromatic heterocycles. The van der Waals surface area contributed by atoms with Crippen molar-refractivity contribution < 1.29 is 18.8 Å². The van der Waals surface area contributed by atoms with Crippen LogP contribution >= 0.6 is 0 Å². The summed E-state index contributed by atoms with van der Waals surface area (Å²) in [5.74, 6) is -0.564. The molecule has 0 aliphatic rings. The Morgan fingerprint density at radius 2 is 1.92 bits per heavy atom. The van der Waals surface area contributed by atoms with Gasteiger partial charge >= 0.3 is 0 Å². The van der Waals surface area contributed by atoms with E-state index in [4.69, 9.17) is 4.74 Å². The van der Waals surface area contributed by atoms with Crippen LogP contribution in [0.5, 0.6) is 5.75 Å². The standard InChI is InChI=1S/C18H19FN2O3/c1-3-21(18(22)12-20-23-2)16-10-6-4-8-14(16)13-24-17-11-7-5-9-15(17)19/h4-12H,3,13H2,1-2H3. The minimum absolute atomic E-state index is 0.141. The van der Waals surface area contributed by atoms with Crippen LogP contribution in [0.15, 0.2) is 53.7 Å². The van der Waals surface area contributed by atoms with Crippen LogP contribution in [-0.2, 0) is 16.2 Å². The van der Waals surface area contributed by atoms with Gasteiger partial charge in [-0.25, -0.2) is 4.39 Å². The highest BCUT2D eigenvalue weighted by atomic mass is 19.1. The topological polar surface area (TPSA) is 51.1 Å². The number of hydrogen-bond donors (Lipinski definition) is 0. The fourth-order valence-electron chi connectivity index (χ4n) is 2.23. The third kappa shape index (κ3) is 4.32. The molecule has 24 heavy (non-hydrogen) atoms. The number of hydrogen-bond acceptors (Lipinski definition) is 4. The summed E-state index contributed by atoms with van der Waals surface area (Å²) in [5.41, 5.74) is 1.45. The maximum absolute atomic E-state index is 13.7. The van der Waals surface area contributed by atoms with E-state index >= 15 is 0 Å². The average Bonchev–Trinajstić information content (AvgIpc) is 2.61. The number of rotatable bonds is 7. The van der Waals surface area contributed by atoms with Gasteiger partial charge in [0.2, 0.25) is 0 Å². The predicted octanol–water partition coefficient (Wildman–Crippen LogP) is 3.39. The highest BCUT2D eigenvalue weighted by Crippen LogP contribution is 2.23. The number of para-hydroxylation sites is 2. The number of carbonyl (C=O) groups is 1. The molecule has 2 rings (SSSR count). The Labute approximate surface area is 140 Å². The lowest BCUT2D eigenvalue weighted by molar-refractivity contribution is -0.112. The summed E-state index contributed by atoms with van der Waals surface area (Å²) in [6.07, 6.45) is 1.11. The molecule has 6 heteroatoms. The number of amides is 1. The predicted molar refractivity (Wildman–Crippen MR) is 90.7 cm³/mol. The van der Waals surface area contributed by atoms with E-state index in [9.17, 15) is 9.18 Å². The molecule has 0 unspecified atom stereocenters. The first-order valence-electron chi connectivity index (χ1n) is 7.50. The van der Waals surface area contributed by atoms with E-state index in [1.807, 2.05) is 31.2 Å². The molecule has 0 heterocycles. The number of anilines is 1. The van der Waals surface area contributed by atoms with Gasteiger partial charge in [0.1, 0.15) is 19.9 Å². The molecule has 0 atom stereocenters. The van der Waals surface area contributed by atoms with Crippen LogP contribution in [0.3, 0.4) is 0 Å². The second-order valence-electron chi connectivity index (χ2n) is 4.85. The molecule has 0 fully saturated rings. The van der Waals surface area contributed by atoms with Crippen molar-refractivity contribution in [1.82, 2.24) is 0 Å². The lowest BCUT2D eigenvalue weighted by Gasteiger charge is -2.22. The van der Waals surface area contributed by atoms with E-state index in [1.54, 1.807) is 23.1 Å². The second kappa shape index (κ2) is 8.67. The molecule has 5 nitrogen and oxygen atoms in total. The second-order valence-corrected chi connectivity index (χ2v) is 4.85. The van der Waals surface area contributed by atoms with Crippen molar-refractivity contribution >= 4 is 17.8 Å². The molecule has 0 saturated heterocycles. The van der Waals surface area contributed by atoms with E-state index < -0.39 is 5.82 Å². The Morgan fingerprint density at radius 1 is 1.21 bits per heavy atom. The van der Waals surface area contributed by atoms with Gasteiger partial charge in [-0.05, 0) is 25.1 Å². The van der Waals surface area contributed by atoms with E-state index in [0.717, 1.165) is 11.8 Å². The van der Waals surface area contributed by atoms with Crippen LogP contribution in [0.25, 0.3) is 0 Å². The van der Waals surface area contributed by atoms with Crippen LogP contribution in [0.2, 0.25) is 0 Å². The molecule has 1 amide bonds. The summed E-state index contributed by atoms with van der Waals surface area (Å²) >= 11 is 0. The van der Waals surface area contributed by atoms with Crippen molar-refractivity contribution in [1.29, 1.82) is 0 Å². The van der Waals surface area contributed by atoms with Crippen LogP contribution in [0, 0.1) is 5.82 Å². The maximum atomic E-state index is 13.7. The summed E-state index contributed by atoms with van der Waals surface area (Å²) in [5, 5.41) is 3.50. The molecule has 0 radical (unpaired) electrons. The maximum Gasteiger partial charge on any atom is 0.272 e. The number of halogens is 1. The van der Waals surface area contributed by atoms with Gasteiger partial charge < -0.3 is 14.5 Å². The number of carbonyl (C=O) groups excluding carboxylic acids is 1. The van der Waals surface area contributed by atoms with Crippen LogP contribution in [0.1, 0.15) is 12.5 Å². The zero-order chi connectivity index (χ0) is 17.4. The SMILES string of the molecule is CCN(C(=O)C=NOC)c1ccccc1COc1ccccc1F. The quantitative estimate of drug-likeness (QED) is 0.577.